The van der Waals surface area contributed by atoms with E-state index in [1.54, 1.807) is 13.2 Å². The summed E-state index contributed by atoms with van der Waals surface area (Å²) in [5.41, 5.74) is 1.79. The van der Waals surface area contributed by atoms with Gasteiger partial charge in [0.2, 0.25) is 0 Å². The van der Waals surface area contributed by atoms with Crippen molar-refractivity contribution in [2.75, 3.05) is 14.2 Å². The molecular weight excluding hydrogens is 231 g/mol. The van der Waals surface area contributed by atoms with Crippen molar-refractivity contribution in [1.82, 2.24) is 10.3 Å². The van der Waals surface area contributed by atoms with Crippen LogP contribution in [0.5, 0.6) is 5.75 Å². The lowest BCUT2D eigenvalue weighted by molar-refractivity contribution is 0.413. The smallest absolute Gasteiger partial charge is 0.141 e. The second-order valence-corrected chi connectivity index (χ2v) is 3.90. The number of benzene rings is 1. The van der Waals surface area contributed by atoms with Crippen molar-refractivity contribution in [3.8, 4) is 5.75 Å². The zero-order valence-electron chi connectivity index (χ0n) is 10.4. The molecule has 1 aromatic heterocycles. The molecule has 2 aromatic rings. The van der Waals surface area contributed by atoms with Crippen LogP contribution in [0, 0.1) is 5.82 Å². The molecule has 0 radical (unpaired) electrons. The van der Waals surface area contributed by atoms with E-state index in [1.807, 2.05) is 31.3 Å². The quantitative estimate of drug-likeness (QED) is 0.900. The maximum Gasteiger partial charge on any atom is 0.141 e. The molecule has 94 valence electrons. The number of hydrogen-bond acceptors (Lipinski definition) is 3. The number of aromatic nitrogens is 1. The van der Waals surface area contributed by atoms with Crippen LogP contribution >= 0.6 is 0 Å². The number of pyridine rings is 1. The Hall–Kier alpha value is -1.94. The average molecular weight is 246 g/mol. The highest BCUT2D eigenvalue weighted by Gasteiger charge is 2.13. The molecule has 0 fully saturated rings. The first-order valence-corrected chi connectivity index (χ1v) is 5.67. The Balaban J connectivity index is 2.35. The van der Waals surface area contributed by atoms with E-state index in [0.29, 0.717) is 0 Å². The zero-order valence-corrected chi connectivity index (χ0v) is 10.4. The lowest BCUT2D eigenvalue weighted by Crippen LogP contribution is -2.18. The van der Waals surface area contributed by atoms with Crippen molar-refractivity contribution >= 4 is 0 Å². The number of rotatable bonds is 4. The van der Waals surface area contributed by atoms with Gasteiger partial charge in [0, 0.05) is 0 Å². The highest BCUT2D eigenvalue weighted by molar-refractivity contribution is 5.34. The van der Waals surface area contributed by atoms with Gasteiger partial charge in [0.05, 0.1) is 25.0 Å². The van der Waals surface area contributed by atoms with E-state index in [0.717, 1.165) is 17.0 Å². The topological polar surface area (TPSA) is 34.1 Å². The molecule has 1 heterocycles. The van der Waals surface area contributed by atoms with Gasteiger partial charge < -0.3 is 10.1 Å². The molecule has 0 amide bonds. The van der Waals surface area contributed by atoms with E-state index in [4.69, 9.17) is 4.74 Å². The Morgan fingerprint density at radius 1 is 1.28 bits per heavy atom. The minimum absolute atomic E-state index is 0.0827. The third-order valence-corrected chi connectivity index (χ3v) is 2.76. The summed E-state index contributed by atoms with van der Waals surface area (Å²) >= 11 is 0. The van der Waals surface area contributed by atoms with E-state index < -0.39 is 0 Å². The van der Waals surface area contributed by atoms with Crippen LogP contribution in [-0.4, -0.2) is 19.1 Å². The predicted molar refractivity (Wildman–Crippen MR) is 68.1 cm³/mol. The van der Waals surface area contributed by atoms with Crippen molar-refractivity contribution in [3.05, 3.63) is 59.7 Å². The van der Waals surface area contributed by atoms with Gasteiger partial charge in [-0.3, -0.25) is 4.98 Å². The van der Waals surface area contributed by atoms with Crippen molar-refractivity contribution < 1.29 is 9.13 Å². The van der Waals surface area contributed by atoms with Crippen molar-refractivity contribution in [2.24, 2.45) is 0 Å². The molecule has 0 aliphatic carbocycles. The van der Waals surface area contributed by atoms with Crippen molar-refractivity contribution in [3.63, 3.8) is 0 Å². The van der Waals surface area contributed by atoms with Crippen LogP contribution < -0.4 is 10.1 Å². The highest BCUT2D eigenvalue weighted by Crippen LogP contribution is 2.23. The van der Waals surface area contributed by atoms with E-state index >= 15 is 0 Å². The first-order chi connectivity index (χ1) is 8.74. The van der Waals surface area contributed by atoms with Gasteiger partial charge >= 0.3 is 0 Å². The molecular formula is C14H15FN2O. The van der Waals surface area contributed by atoms with Gasteiger partial charge in [0.25, 0.3) is 0 Å². The van der Waals surface area contributed by atoms with Crippen LogP contribution in [0.4, 0.5) is 4.39 Å². The number of hydrogen-bond donors (Lipinski definition) is 1. The summed E-state index contributed by atoms with van der Waals surface area (Å²) < 4.78 is 18.1. The van der Waals surface area contributed by atoms with Crippen LogP contribution in [-0.2, 0) is 0 Å². The van der Waals surface area contributed by atoms with Crippen LogP contribution in [0.2, 0.25) is 0 Å². The van der Waals surface area contributed by atoms with Gasteiger partial charge in [0.1, 0.15) is 11.6 Å². The lowest BCUT2D eigenvalue weighted by atomic mass is 10.0. The Bertz CT molecular complexity index is 513. The number of halogens is 1. The Morgan fingerprint density at radius 2 is 2.11 bits per heavy atom. The molecule has 0 aliphatic rings. The Kier molecular flexibility index (Phi) is 3.89. The molecule has 4 heteroatoms. The van der Waals surface area contributed by atoms with Crippen molar-refractivity contribution in [2.45, 2.75) is 6.04 Å². The maximum absolute atomic E-state index is 12.9. The van der Waals surface area contributed by atoms with E-state index in [1.165, 1.54) is 12.3 Å². The summed E-state index contributed by atoms with van der Waals surface area (Å²) in [6.07, 6.45) is 1.22. The molecule has 0 saturated heterocycles. The summed E-state index contributed by atoms with van der Waals surface area (Å²) in [4.78, 5) is 4.10. The average Bonchev–Trinajstić information content (AvgIpc) is 2.42. The number of ether oxygens (including phenoxy) is 1. The molecule has 0 aliphatic heterocycles. The fourth-order valence-electron chi connectivity index (χ4n) is 1.86. The molecule has 3 nitrogen and oxygen atoms in total. The first-order valence-electron chi connectivity index (χ1n) is 5.67. The summed E-state index contributed by atoms with van der Waals surface area (Å²) in [6, 6.07) is 10.7. The predicted octanol–water partition coefficient (Wildman–Crippen LogP) is 2.54. The fraction of sp³-hybridized carbons (Fsp3) is 0.214. The molecule has 0 bridgehead atoms. The minimum atomic E-state index is -0.334. The minimum Gasteiger partial charge on any atom is -0.497 e. The van der Waals surface area contributed by atoms with Crippen LogP contribution in [0.3, 0.4) is 0 Å². The highest BCUT2D eigenvalue weighted by atomic mass is 19.1. The van der Waals surface area contributed by atoms with Gasteiger partial charge in [0.15, 0.2) is 0 Å². The molecule has 1 unspecified atom stereocenters. The maximum atomic E-state index is 12.9. The van der Waals surface area contributed by atoms with Gasteiger partial charge in [-0.05, 0) is 36.9 Å². The van der Waals surface area contributed by atoms with Gasteiger partial charge in [-0.2, -0.15) is 0 Å². The summed E-state index contributed by atoms with van der Waals surface area (Å²) in [7, 11) is 3.47. The summed E-state index contributed by atoms with van der Waals surface area (Å²) in [6.45, 7) is 0. The largest absolute Gasteiger partial charge is 0.497 e. The number of methoxy groups -OCH3 is 1. The molecule has 0 spiro atoms. The van der Waals surface area contributed by atoms with Crippen LogP contribution in [0.15, 0.2) is 42.6 Å². The van der Waals surface area contributed by atoms with E-state index in [2.05, 4.69) is 10.3 Å². The van der Waals surface area contributed by atoms with Crippen LogP contribution in [0.25, 0.3) is 0 Å². The third-order valence-electron chi connectivity index (χ3n) is 2.76. The summed E-state index contributed by atoms with van der Waals surface area (Å²) in [5, 5.41) is 3.16. The Labute approximate surface area is 106 Å². The monoisotopic (exact) mass is 246 g/mol. The van der Waals surface area contributed by atoms with E-state index in [9.17, 15) is 4.39 Å². The zero-order chi connectivity index (χ0) is 13.0. The lowest BCUT2D eigenvalue weighted by Gasteiger charge is -2.16. The second kappa shape index (κ2) is 5.60. The fourth-order valence-corrected chi connectivity index (χ4v) is 1.86. The number of nitrogens with zero attached hydrogens (tertiary/aromatic N) is 1. The first kappa shape index (κ1) is 12.5. The molecule has 1 aromatic carbocycles. The Morgan fingerprint density at radius 3 is 2.72 bits per heavy atom. The molecule has 1 N–H and O–H groups in total. The van der Waals surface area contributed by atoms with Gasteiger partial charge in [-0.25, -0.2) is 4.39 Å². The van der Waals surface area contributed by atoms with Gasteiger partial charge in [-0.1, -0.05) is 12.1 Å². The standard InChI is InChI=1S/C14H15FN2O/c1-16-14(13-7-6-11(15)9-17-13)10-4-3-5-12(8-10)18-2/h3-9,14,16H,1-2H3. The van der Waals surface area contributed by atoms with E-state index in [-0.39, 0.29) is 11.9 Å². The van der Waals surface area contributed by atoms with Gasteiger partial charge in [-0.15, -0.1) is 0 Å². The van der Waals surface area contributed by atoms with Crippen molar-refractivity contribution in [1.29, 1.82) is 0 Å². The second-order valence-electron chi connectivity index (χ2n) is 3.90. The normalized spacial score (nSPS) is 12.2. The molecule has 2 rings (SSSR count). The molecule has 18 heavy (non-hydrogen) atoms. The third kappa shape index (κ3) is 2.65. The molecule has 0 saturated carbocycles. The SMILES string of the molecule is CNC(c1cccc(OC)c1)c1ccc(F)cn1. The summed E-state index contributed by atoms with van der Waals surface area (Å²) in [5.74, 6) is 0.453. The molecule has 1 atom stereocenters. The van der Waals surface area contributed by atoms with Crippen LogP contribution in [0.1, 0.15) is 17.3 Å². The number of nitrogens with one attached hydrogen (secondary N) is 1.